The van der Waals surface area contributed by atoms with Crippen molar-refractivity contribution >= 4 is 27.4 Å². The first-order chi connectivity index (χ1) is 14.4. The monoisotopic (exact) mass is 456 g/mol. The third-order valence-corrected chi connectivity index (χ3v) is 6.01. The molecule has 2 amide bonds. The van der Waals surface area contributed by atoms with E-state index in [9.17, 15) is 33.0 Å². The molecule has 0 saturated carbocycles. The Balaban J connectivity index is 2.08. The van der Waals surface area contributed by atoms with E-state index in [4.69, 9.17) is 4.74 Å². The van der Waals surface area contributed by atoms with Gasteiger partial charge in [0.05, 0.1) is 30.8 Å². The molecular formula is C20H28N2O8S. The Morgan fingerprint density at radius 1 is 1.10 bits per heavy atom. The molecule has 1 fully saturated rings. The standard InChI is InChI=1S/C20H28N2O8S/c1-12(2)8-15(17(25)20(10-24)11-30-20)21-19(27)16(9-23)22-18(26)13-4-6-14(7-5-13)31(3,28)29/h4-7,12,15-16,23-24H,8-11H2,1-3H3,(H,21,27)(H,22,26). The van der Waals surface area contributed by atoms with E-state index < -0.39 is 58.3 Å². The fraction of sp³-hybridized carbons (Fsp3) is 0.550. The van der Waals surface area contributed by atoms with Crippen LogP contribution in [0.1, 0.15) is 30.6 Å². The van der Waals surface area contributed by atoms with Gasteiger partial charge in [-0.2, -0.15) is 0 Å². The van der Waals surface area contributed by atoms with Crippen LogP contribution in [-0.2, 0) is 24.2 Å². The minimum absolute atomic E-state index is 0.0376. The lowest BCUT2D eigenvalue weighted by Gasteiger charge is -2.24. The van der Waals surface area contributed by atoms with E-state index >= 15 is 0 Å². The molecule has 1 saturated heterocycles. The summed E-state index contributed by atoms with van der Waals surface area (Å²) in [5, 5.41) is 23.9. The van der Waals surface area contributed by atoms with Gasteiger partial charge in [0, 0.05) is 11.8 Å². The number of carbonyl (C=O) groups is 3. The first-order valence-electron chi connectivity index (χ1n) is 9.75. The molecule has 0 bridgehead atoms. The van der Waals surface area contributed by atoms with Crippen molar-refractivity contribution in [2.45, 2.75) is 42.8 Å². The zero-order chi connectivity index (χ0) is 23.4. The van der Waals surface area contributed by atoms with Crippen LogP contribution in [0, 0.1) is 5.92 Å². The number of benzene rings is 1. The van der Waals surface area contributed by atoms with Gasteiger partial charge in [-0.1, -0.05) is 13.8 Å². The maximum absolute atomic E-state index is 12.7. The molecule has 0 aromatic heterocycles. The molecule has 0 spiro atoms. The lowest BCUT2D eigenvalue weighted by atomic mass is 9.92. The number of amides is 2. The van der Waals surface area contributed by atoms with Crippen LogP contribution in [0.15, 0.2) is 29.2 Å². The highest BCUT2D eigenvalue weighted by atomic mass is 32.2. The van der Waals surface area contributed by atoms with Crippen LogP contribution in [0.2, 0.25) is 0 Å². The van der Waals surface area contributed by atoms with E-state index in [0.717, 1.165) is 6.26 Å². The Morgan fingerprint density at radius 3 is 2.10 bits per heavy atom. The fourth-order valence-electron chi connectivity index (χ4n) is 2.98. The summed E-state index contributed by atoms with van der Waals surface area (Å²) in [6, 6.07) is 2.81. The average molecular weight is 457 g/mol. The van der Waals surface area contributed by atoms with E-state index in [1.807, 2.05) is 13.8 Å². The largest absolute Gasteiger partial charge is 0.394 e. The fourth-order valence-corrected chi connectivity index (χ4v) is 3.61. The van der Waals surface area contributed by atoms with E-state index in [-0.39, 0.29) is 29.4 Å². The smallest absolute Gasteiger partial charge is 0.251 e. The number of aliphatic hydroxyl groups excluding tert-OH is 2. The molecule has 1 aromatic rings. The number of hydrogen-bond donors (Lipinski definition) is 4. The van der Waals surface area contributed by atoms with Crippen LogP contribution in [-0.4, -0.2) is 80.0 Å². The van der Waals surface area contributed by atoms with Crippen LogP contribution in [0.3, 0.4) is 0 Å². The highest BCUT2D eigenvalue weighted by Crippen LogP contribution is 2.30. The Hall–Kier alpha value is -2.34. The van der Waals surface area contributed by atoms with Crippen molar-refractivity contribution in [1.82, 2.24) is 10.6 Å². The predicted octanol–water partition coefficient (Wildman–Crippen LogP) is -0.958. The number of ketones is 1. The molecule has 1 aliphatic rings. The van der Waals surface area contributed by atoms with Gasteiger partial charge < -0.3 is 25.6 Å². The van der Waals surface area contributed by atoms with E-state index in [1.54, 1.807) is 0 Å². The van der Waals surface area contributed by atoms with Crippen LogP contribution in [0.25, 0.3) is 0 Å². The maximum atomic E-state index is 12.7. The molecule has 3 unspecified atom stereocenters. The molecule has 0 aliphatic carbocycles. The molecule has 1 aromatic carbocycles. The summed E-state index contributed by atoms with van der Waals surface area (Å²) in [4.78, 5) is 37.8. The van der Waals surface area contributed by atoms with Crippen molar-refractivity contribution in [3.05, 3.63) is 29.8 Å². The van der Waals surface area contributed by atoms with Gasteiger partial charge in [-0.25, -0.2) is 8.42 Å². The quantitative estimate of drug-likeness (QED) is 0.310. The minimum atomic E-state index is -3.42. The van der Waals surface area contributed by atoms with Gasteiger partial charge in [-0.05, 0) is 36.6 Å². The normalized spacial score (nSPS) is 20.1. The number of sulfone groups is 1. The Labute approximate surface area is 180 Å². The summed E-state index contributed by atoms with van der Waals surface area (Å²) in [6.07, 6.45) is 1.32. The average Bonchev–Trinajstić information content (AvgIpc) is 3.51. The van der Waals surface area contributed by atoms with Crippen LogP contribution < -0.4 is 10.6 Å². The van der Waals surface area contributed by atoms with Crippen molar-refractivity contribution in [3.8, 4) is 0 Å². The Kier molecular flexibility index (Phi) is 7.93. The van der Waals surface area contributed by atoms with Gasteiger partial charge in [-0.15, -0.1) is 0 Å². The number of aliphatic hydroxyl groups is 2. The number of ether oxygens (including phenoxy) is 1. The van der Waals surface area contributed by atoms with Gasteiger partial charge in [0.25, 0.3) is 5.91 Å². The SMILES string of the molecule is CC(C)CC(NC(=O)C(CO)NC(=O)c1ccc(S(C)(=O)=O)cc1)C(=O)C1(CO)CO1. The highest BCUT2D eigenvalue weighted by molar-refractivity contribution is 7.90. The second-order valence-corrected chi connectivity index (χ2v) is 10.0. The van der Waals surface area contributed by atoms with Gasteiger partial charge >= 0.3 is 0 Å². The van der Waals surface area contributed by atoms with E-state index in [1.165, 1.54) is 24.3 Å². The number of hydrogen-bond acceptors (Lipinski definition) is 8. The molecule has 10 nitrogen and oxygen atoms in total. The zero-order valence-electron chi connectivity index (χ0n) is 17.6. The van der Waals surface area contributed by atoms with Crippen LogP contribution in [0.4, 0.5) is 0 Å². The van der Waals surface area contributed by atoms with Gasteiger partial charge in [0.1, 0.15) is 6.04 Å². The molecular weight excluding hydrogens is 428 g/mol. The number of Topliss-reactive ketones (excluding diaryl/α,β-unsaturated/α-hetero) is 1. The van der Waals surface area contributed by atoms with Crippen molar-refractivity contribution in [2.75, 3.05) is 26.1 Å². The number of rotatable bonds is 11. The maximum Gasteiger partial charge on any atom is 0.251 e. The molecule has 0 radical (unpaired) electrons. The second kappa shape index (κ2) is 9.86. The van der Waals surface area contributed by atoms with Crippen molar-refractivity contribution < 1.29 is 37.8 Å². The molecule has 1 heterocycles. The number of epoxide rings is 1. The Bertz CT molecular complexity index is 923. The third-order valence-electron chi connectivity index (χ3n) is 4.89. The zero-order valence-corrected chi connectivity index (χ0v) is 18.4. The first-order valence-corrected chi connectivity index (χ1v) is 11.6. The molecule has 172 valence electrons. The van der Waals surface area contributed by atoms with Crippen molar-refractivity contribution in [2.24, 2.45) is 5.92 Å². The van der Waals surface area contributed by atoms with Gasteiger partial charge in [0.15, 0.2) is 21.2 Å². The summed E-state index contributed by atoms with van der Waals surface area (Å²) >= 11 is 0. The lowest BCUT2D eigenvalue weighted by molar-refractivity contribution is -0.133. The topological polar surface area (TPSA) is 162 Å². The predicted molar refractivity (Wildman–Crippen MR) is 110 cm³/mol. The lowest BCUT2D eigenvalue weighted by Crippen LogP contribution is -2.55. The number of nitrogens with one attached hydrogen (secondary N) is 2. The van der Waals surface area contributed by atoms with E-state index in [2.05, 4.69) is 10.6 Å². The molecule has 11 heteroatoms. The van der Waals surface area contributed by atoms with Gasteiger partial charge in [0.2, 0.25) is 5.91 Å². The summed E-state index contributed by atoms with van der Waals surface area (Å²) in [5.41, 5.74) is -1.22. The number of carbonyl (C=O) groups excluding carboxylic acids is 3. The van der Waals surface area contributed by atoms with Crippen molar-refractivity contribution in [1.29, 1.82) is 0 Å². The van der Waals surface area contributed by atoms with Gasteiger partial charge in [-0.3, -0.25) is 14.4 Å². The molecule has 2 rings (SSSR count). The highest BCUT2D eigenvalue weighted by Gasteiger charge is 2.54. The molecule has 1 aliphatic heterocycles. The second-order valence-electron chi connectivity index (χ2n) is 8.00. The van der Waals surface area contributed by atoms with Crippen LogP contribution in [0.5, 0.6) is 0 Å². The Morgan fingerprint density at radius 2 is 1.68 bits per heavy atom. The third kappa shape index (κ3) is 6.33. The molecule has 3 atom stereocenters. The van der Waals surface area contributed by atoms with E-state index in [0.29, 0.717) is 0 Å². The summed E-state index contributed by atoms with van der Waals surface area (Å²) in [6.45, 7) is 2.56. The first kappa shape index (κ1) is 24.9. The van der Waals surface area contributed by atoms with Crippen LogP contribution >= 0.6 is 0 Å². The molecule has 31 heavy (non-hydrogen) atoms. The minimum Gasteiger partial charge on any atom is -0.394 e. The molecule has 4 N–H and O–H groups in total. The summed E-state index contributed by atoms with van der Waals surface area (Å²) < 4.78 is 28.1. The summed E-state index contributed by atoms with van der Waals surface area (Å²) in [5.74, 6) is -1.88. The van der Waals surface area contributed by atoms with Crippen molar-refractivity contribution in [3.63, 3.8) is 0 Å². The summed E-state index contributed by atoms with van der Waals surface area (Å²) in [7, 11) is -3.42.